The van der Waals surface area contributed by atoms with E-state index in [1.807, 2.05) is 18.2 Å². The van der Waals surface area contributed by atoms with Crippen LogP contribution in [-0.4, -0.2) is 5.78 Å². The maximum atomic E-state index is 11.3. The smallest absolute Gasteiger partial charge is 0.186 e. The van der Waals surface area contributed by atoms with E-state index in [9.17, 15) is 4.79 Å². The molecule has 0 aliphatic carbocycles. The second-order valence-electron chi connectivity index (χ2n) is 2.46. The molecule has 0 spiro atoms. The molecule has 1 aromatic carbocycles. The topological polar surface area (TPSA) is 17.1 Å². The third-order valence-electron chi connectivity index (χ3n) is 1.39. The first kappa shape index (κ1) is 9.01. The molecule has 0 saturated carbocycles. The predicted octanol–water partition coefficient (Wildman–Crippen LogP) is 3.01. The highest BCUT2D eigenvalue weighted by molar-refractivity contribution is 6.31. The minimum atomic E-state index is -0.0527. The molecule has 0 N–H and O–H groups in total. The molecule has 0 bridgehead atoms. The number of ketones is 1. The van der Waals surface area contributed by atoms with E-state index in [4.69, 9.17) is 11.6 Å². The van der Waals surface area contributed by atoms with Crippen LogP contribution in [0.25, 0.3) is 0 Å². The second-order valence-corrected chi connectivity index (χ2v) is 3.06. The van der Waals surface area contributed by atoms with Crippen LogP contribution in [0.4, 0.5) is 0 Å². The van der Waals surface area contributed by atoms with Crippen molar-refractivity contribution in [3.63, 3.8) is 0 Å². The number of carbonyl (C=O) groups is 1. The fourth-order valence-corrected chi connectivity index (χ4v) is 0.965. The standard InChI is InChI=1S/C10H9ClO/c1-8(11)7-10(12)9-5-3-2-4-6-9/h2-7H,1H3/b8-7-. The van der Waals surface area contributed by atoms with Gasteiger partial charge in [-0.25, -0.2) is 0 Å². The predicted molar refractivity (Wildman–Crippen MR) is 50.4 cm³/mol. The Morgan fingerprint density at radius 3 is 2.42 bits per heavy atom. The summed E-state index contributed by atoms with van der Waals surface area (Å²) in [5.41, 5.74) is 0.664. The zero-order valence-electron chi connectivity index (χ0n) is 6.75. The SMILES string of the molecule is C/C(Cl)=C/C(=O)c1ccccc1. The summed E-state index contributed by atoms with van der Waals surface area (Å²) in [6, 6.07) is 9.04. The van der Waals surface area contributed by atoms with Crippen LogP contribution in [0, 0.1) is 0 Å². The first-order valence-corrected chi connectivity index (χ1v) is 4.01. The van der Waals surface area contributed by atoms with E-state index >= 15 is 0 Å². The van der Waals surface area contributed by atoms with Crippen LogP contribution in [0.1, 0.15) is 17.3 Å². The van der Waals surface area contributed by atoms with Crippen molar-refractivity contribution in [2.45, 2.75) is 6.92 Å². The molecule has 62 valence electrons. The van der Waals surface area contributed by atoms with Crippen LogP contribution in [0.3, 0.4) is 0 Å². The zero-order chi connectivity index (χ0) is 8.97. The van der Waals surface area contributed by atoms with E-state index in [0.717, 1.165) is 0 Å². The van der Waals surface area contributed by atoms with E-state index in [2.05, 4.69) is 0 Å². The summed E-state index contributed by atoms with van der Waals surface area (Å²) in [6.45, 7) is 1.68. The Morgan fingerprint density at radius 2 is 1.92 bits per heavy atom. The number of hydrogen-bond donors (Lipinski definition) is 0. The number of allylic oxidation sites excluding steroid dienone is 2. The lowest BCUT2D eigenvalue weighted by atomic mass is 10.1. The Hall–Kier alpha value is -1.08. The molecule has 1 aromatic rings. The highest BCUT2D eigenvalue weighted by Crippen LogP contribution is 2.05. The molecule has 0 unspecified atom stereocenters. The first-order valence-electron chi connectivity index (χ1n) is 3.63. The van der Waals surface area contributed by atoms with Gasteiger partial charge in [0.2, 0.25) is 0 Å². The van der Waals surface area contributed by atoms with Gasteiger partial charge >= 0.3 is 0 Å². The van der Waals surface area contributed by atoms with Gasteiger partial charge in [0.05, 0.1) is 0 Å². The van der Waals surface area contributed by atoms with Gasteiger partial charge < -0.3 is 0 Å². The van der Waals surface area contributed by atoms with Crippen molar-refractivity contribution in [1.29, 1.82) is 0 Å². The number of carbonyl (C=O) groups excluding carboxylic acids is 1. The van der Waals surface area contributed by atoms with Gasteiger partial charge in [-0.3, -0.25) is 4.79 Å². The summed E-state index contributed by atoms with van der Waals surface area (Å²) in [5.74, 6) is -0.0527. The van der Waals surface area contributed by atoms with Gasteiger partial charge in [0, 0.05) is 16.7 Å². The third kappa shape index (κ3) is 2.51. The van der Waals surface area contributed by atoms with Gasteiger partial charge in [0.15, 0.2) is 5.78 Å². The summed E-state index contributed by atoms with van der Waals surface area (Å²) >= 11 is 5.56. The second kappa shape index (κ2) is 4.07. The van der Waals surface area contributed by atoms with Gasteiger partial charge in [-0.1, -0.05) is 41.9 Å². The van der Waals surface area contributed by atoms with Crippen molar-refractivity contribution in [2.75, 3.05) is 0 Å². The average Bonchev–Trinajstić information content (AvgIpc) is 2.05. The van der Waals surface area contributed by atoms with Crippen molar-refractivity contribution < 1.29 is 4.79 Å². The fourth-order valence-electron chi connectivity index (χ4n) is 0.866. The summed E-state index contributed by atoms with van der Waals surface area (Å²) in [4.78, 5) is 11.3. The van der Waals surface area contributed by atoms with Crippen LogP contribution in [0.2, 0.25) is 0 Å². The number of halogens is 1. The molecule has 0 radical (unpaired) electrons. The van der Waals surface area contributed by atoms with Gasteiger partial charge in [0.25, 0.3) is 0 Å². The number of benzene rings is 1. The van der Waals surface area contributed by atoms with Crippen LogP contribution in [-0.2, 0) is 0 Å². The molecule has 2 heteroatoms. The quantitative estimate of drug-likeness (QED) is 0.505. The number of hydrogen-bond acceptors (Lipinski definition) is 1. The lowest BCUT2D eigenvalue weighted by Crippen LogP contribution is -1.93. The molecule has 1 rings (SSSR count). The van der Waals surface area contributed by atoms with Crippen LogP contribution in [0.5, 0.6) is 0 Å². The van der Waals surface area contributed by atoms with E-state index in [1.54, 1.807) is 19.1 Å². The Labute approximate surface area is 76.7 Å². The average molecular weight is 181 g/mol. The first-order chi connectivity index (χ1) is 5.70. The highest BCUT2D eigenvalue weighted by Gasteiger charge is 1.99. The van der Waals surface area contributed by atoms with E-state index in [0.29, 0.717) is 10.6 Å². The highest BCUT2D eigenvalue weighted by atomic mass is 35.5. The van der Waals surface area contributed by atoms with Crippen molar-refractivity contribution in [1.82, 2.24) is 0 Å². The molecule has 0 saturated heterocycles. The van der Waals surface area contributed by atoms with Gasteiger partial charge in [-0.2, -0.15) is 0 Å². The van der Waals surface area contributed by atoms with Crippen molar-refractivity contribution in [3.8, 4) is 0 Å². The molecular formula is C10H9ClO. The van der Waals surface area contributed by atoms with Crippen LogP contribution >= 0.6 is 11.6 Å². The molecule has 0 aliphatic rings. The summed E-state index contributed by atoms with van der Waals surface area (Å²) in [5, 5.41) is 0.504. The summed E-state index contributed by atoms with van der Waals surface area (Å²) in [7, 11) is 0. The molecular weight excluding hydrogens is 172 g/mol. The zero-order valence-corrected chi connectivity index (χ0v) is 7.51. The molecule has 1 nitrogen and oxygen atoms in total. The lowest BCUT2D eigenvalue weighted by Gasteiger charge is -1.93. The Bertz CT molecular complexity index is 297. The van der Waals surface area contributed by atoms with Crippen LogP contribution < -0.4 is 0 Å². The van der Waals surface area contributed by atoms with Gasteiger partial charge in [0.1, 0.15) is 0 Å². The molecule has 0 heterocycles. The van der Waals surface area contributed by atoms with Crippen molar-refractivity contribution in [2.24, 2.45) is 0 Å². The molecule has 0 atom stereocenters. The maximum Gasteiger partial charge on any atom is 0.186 e. The van der Waals surface area contributed by atoms with E-state index < -0.39 is 0 Å². The Morgan fingerprint density at radius 1 is 1.33 bits per heavy atom. The minimum absolute atomic E-state index is 0.0527. The van der Waals surface area contributed by atoms with Crippen LogP contribution in [0.15, 0.2) is 41.4 Å². The van der Waals surface area contributed by atoms with Crippen molar-refractivity contribution >= 4 is 17.4 Å². The Balaban J connectivity index is 2.87. The molecule has 0 aromatic heterocycles. The van der Waals surface area contributed by atoms with Gasteiger partial charge in [-0.05, 0) is 6.92 Å². The Kier molecular flexibility index (Phi) is 3.06. The molecule has 0 amide bonds. The normalized spacial score (nSPS) is 11.3. The summed E-state index contributed by atoms with van der Waals surface area (Å²) < 4.78 is 0. The monoisotopic (exact) mass is 180 g/mol. The fraction of sp³-hybridized carbons (Fsp3) is 0.100. The summed E-state index contributed by atoms with van der Waals surface area (Å²) in [6.07, 6.45) is 1.41. The van der Waals surface area contributed by atoms with E-state index in [-0.39, 0.29) is 5.78 Å². The minimum Gasteiger partial charge on any atom is -0.289 e. The van der Waals surface area contributed by atoms with Crippen molar-refractivity contribution in [3.05, 3.63) is 47.0 Å². The molecule has 0 aliphatic heterocycles. The molecule has 0 fully saturated rings. The largest absolute Gasteiger partial charge is 0.289 e. The van der Waals surface area contributed by atoms with Gasteiger partial charge in [-0.15, -0.1) is 0 Å². The van der Waals surface area contributed by atoms with E-state index in [1.165, 1.54) is 6.08 Å². The number of rotatable bonds is 2. The maximum absolute atomic E-state index is 11.3. The third-order valence-corrected chi connectivity index (χ3v) is 1.50. The lowest BCUT2D eigenvalue weighted by molar-refractivity contribution is 0.104. The molecule has 12 heavy (non-hydrogen) atoms.